The van der Waals surface area contributed by atoms with Gasteiger partial charge in [-0.2, -0.15) is 10.1 Å². The van der Waals surface area contributed by atoms with Crippen molar-refractivity contribution in [3.05, 3.63) is 70.4 Å². The molecule has 5 rings (SSSR count). The highest BCUT2D eigenvalue weighted by molar-refractivity contribution is 5.65. The highest BCUT2D eigenvalue weighted by atomic mass is 16.5. The lowest BCUT2D eigenvalue weighted by Crippen LogP contribution is -2.36. The molecule has 1 fully saturated rings. The zero-order valence-electron chi connectivity index (χ0n) is 18.6. The first-order valence-electron chi connectivity index (χ1n) is 11.3. The van der Waals surface area contributed by atoms with Gasteiger partial charge in [0.15, 0.2) is 5.82 Å². The molecule has 0 radical (unpaired) electrons. The Balaban J connectivity index is 1.35. The maximum atomic E-state index is 13.1. The molecule has 32 heavy (non-hydrogen) atoms. The Morgan fingerprint density at radius 3 is 2.75 bits per heavy atom. The molecule has 8 heteroatoms. The van der Waals surface area contributed by atoms with E-state index >= 15 is 0 Å². The van der Waals surface area contributed by atoms with E-state index in [0.29, 0.717) is 29.8 Å². The first-order chi connectivity index (χ1) is 15.6. The lowest BCUT2D eigenvalue weighted by atomic mass is 10.0. The van der Waals surface area contributed by atoms with Gasteiger partial charge in [-0.25, -0.2) is 4.52 Å². The Bertz CT molecular complexity index is 1270. The van der Waals surface area contributed by atoms with Gasteiger partial charge in [0.1, 0.15) is 5.52 Å². The minimum absolute atomic E-state index is 0.132. The summed E-state index contributed by atoms with van der Waals surface area (Å²) in [6.07, 6.45) is 8.18. The summed E-state index contributed by atoms with van der Waals surface area (Å²) in [5.41, 5.74) is 3.43. The van der Waals surface area contributed by atoms with Crippen molar-refractivity contribution >= 4 is 5.52 Å². The maximum absolute atomic E-state index is 13.1. The van der Waals surface area contributed by atoms with Crippen molar-refractivity contribution in [3.8, 4) is 11.3 Å². The fourth-order valence-electron chi connectivity index (χ4n) is 4.34. The number of aryl methyl sites for hydroxylation is 1. The molecule has 0 aliphatic carbocycles. The van der Waals surface area contributed by atoms with Gasteiger partial charge in [-0.15, -0.1) is 0 Å². The van der Waals surface area contributed by atoms with Crippen molar-refractivity contribution in [2.45, 2.75) is 58.7 Å². The first kappa shape index (κ1) is 20.6. The minimum Gasteiger partial charge on any atom is -0.338 e. The number of hydrogen-bond acceptors (Lipinski definition) is 6. The third-order valence-corrected chi connectivity index (χ3v) is 6.36. The zero-order valence-corrected chi connectivity index (χ0v) is 18.6. The van der Waals surface area contributed by atoms with Crippen LogP contribution in [0, 0.1) is 0 Å². The van der Waals surface area contributed by atoms with E-state index in [1.807, 2.05) is 18.2 Å². The number of piperidine rings is 1. The third-order valence-electron chi connectivity index (χ3n) is 6.36. The SMILES string of the molecule is CCc1ccc(-c2cc3c(=O)n(Cc4noc(CN5CCCC[C@H]5C)n4)ccn3n2)cc1. The summed E-state index contributed by atoms with van der Waals surface area (Å²) in [5, 5.41) is 8.67. The van der Waals surface area contributed by atoms with Gasteiger partial charge >= 0.3 is 0 Å². The number of benzene rings is 1. The summed E-state index contributed by atoms with van der Waals surface area (Å²) in [4.78, 5) is 19.9. The van der Waals surface area contributed by atoms with Gasteiger partial charge in [-0.1, -0.05) is 42.8 Å². The van der Waals surface area contributed by atoms with Crippen LogP contribution in [0.2, 0.25) is 0 Å². The van der Waals surface area contributed by atoms with Crippen LogP contribution < -0.4 is 5.56 Å². The molecular weight excluding hydrogens is 404 g/mol. The molecule has 0 spiro atoms. The fraction of sp³-hybridized carbons (Fsp3) is 0.417. The quantitative estimate of drug-likeness (QED) is 0.464. The highest BCUT2D eigenvalue weighted by Crippen LogP contribution is 2.20. The van der Waals surface area contributed by atoms with Crippen molar-refractivity contribution in [2.24, 2.45) is 0 Å². The van der Waals surface area contributed by atoms with E-state index in [1.165, 1.54) is 24.8 Å². The number of nitrogens with zero attached hydrogens (tertiary/aromatic N) is 6. The molecule has 0 amide bonds. The summed E-state index contributed by atoms with van der Waals surface area (Å²) >= 11 is 0. The first-order valence-corrected chi connectivity index (χ1v) is 11.3. The maximum Gasteiger partial charge on any atom is 0.277 e. The Morgan fingerprint density at radius 2 is 1.97 bits per heavy atom. The van der Waals surface area contributed by atoms with Crippen LogP contribution in [0.1, 0.15) is 50.4 Å². The molecule has 8 nitrogen and oxygen atoms in total. The van der Waals surface area contributed by atoms with Gasteiger partial charge in [-0.05, 0) is 44.4 Å². The van der Waals surface area contributed by atoms with E-state index in [9.17, 15) is 4.79 Å². The third kappa shape index (κ3) is 4.10. The lowest BCUT2D eigenvalue weighted by molar-refractivity contribution is 0.135. The predicted molar refractivity (Wildman–Crippen MR) is 121 cm³/mol. The van der Waals surface area contributed by atoms with Gasteiger partial charge in [-0.3, -0.25) is 9.69 Å². The molecule has 166 valence electrons. The second-order valence-corrected chi connectivity index (χ2v) is 8.56. The van der Waals surface area contributed by atoms with Crippen LogP contribution in [0.4, 0.5) is 0 Å². The number of hydrogen-bond donors (Lipinski definition) is 0. The summed E-state index contributed by atoms with van der Waals surface area (Å²) < 4.78 is 8.68. The van der Waals surface area contributed by atoms with Crippen LogP contribution in [0.25, 0.3) is 16.8 Å². The van der Waals surface area contributed by atoms with Crippen LogP contribution in [0.15, 0.2) is 52.0 Å². The van der Waals surface area contributed by atoms with Gasteiger partial charge in [0.2, 0.25) is 5.89 Å². The molecule has 1 aromatic carbocycles. The molecule has 0 N–H and O–H groups in total. The highest BCUT2D eigenvalue weighted by Gasteiger charge is 2.21. The molecule has 1 saturated heterocycles. The van der Waals surface area contributed by atoms with Crippen molar-refractivity contribution in [1.29, 1.82) is 0 Å². The Kier molecular flexibility index (Phi) is 5.61. The zero-order chi connectivity index (χ0) is 22.1. The predicted octanol–water partition coefficient (Wildman–Crippen LogP) is 3.53. The Labute approximate surface area is 186 Å². The lowest BCUT2D eigenvalue weighted by Gasteiger charge is -2.31. The molecule has 1 aliphatic rings. The van der Waals surface area contributed by atoms with Crippen LogP contribution in [-0.2, 0) is 19.5 Å². The van der Waals surface area contributed by atoms with Crippen LogP contribution in [0.5, 0.6) is 0 Å². The number of fused-ring (bicyclic) bond motifs is 1. The minimum atomic E-state index is -0.132. The average molecular weight is 433 g/mol. The van der Waals surface area contributed by atoms with E-state index < -0.39 is 0 Å². The van der Waals surface area contributed by atoms with E-state index in [1.54, 1.807) is 21.5 Å². The monoisotopic (exact) mass is 432 g/mol. The molecule has 0 unspecified atom stereocenters. The van der Waals surface area contributed by atoms with Crippen LogP contribution in [0.3, 0.4) is 0 Å². The normalized spacial score (nSPS) is 17.2. The molecule has 0 saturated carbocycles. The fourth-order valence-corrected chi connectivity index (χ4v) is 4.34. The standard InChI is InChI=1S/C24H28N6O2/c1-3-18-7-9-19(10-8-18)20-14-21-24(31)29(12-13-30(21)26-20)15-22-25-23(32-27-22)16-28-11-5-4-6-17(28)2/h7-10,12-14,17H,3-6,11,15-16H2,1-2H3/t17-/m1/s1. The molecular formula is C24H28N6O2. The Morgan fingerprint density at radius 1 is 1.12 bits per heavy atom. The van der Waals surface area contributed by atoms with Crippen LogP contribution in [-0.4, -0.2) is 41.8 Å². The van der Waals surface area contributed by atoms with Crippen molar-refractivity contribution in [1.82, 2.24) is 29.2 Å². The van der Waals surface area contributed by atoms with E-state index in [-0.39, 0.29) is 12.1 Å². The average Bonchev–Trinajstić information content (AvgIpc) is 3.45. The molecule has 1 aliphatic heterocycles. The molecule has 1 atom stereocenters. The van der Waals surface area contributed by atoms with Crippen molar-refractivity contribution in [3.63, 3.8) is 0 Å². The van der Waals surface area contributed by atoms with Crippen molar-refractivity contribution < 1.29 is 4.52 Å². The van der Waals surface area contributed by atoms with Crippen LogP contribution >= 0.6 is 0 Å². The van der Waals surface area contributed by atoms with E-state index in [0.717, 1.165) is 24.2 Å². The van der Waals surface area contributed by atoms with E-state index in [4.69, 9.17) is 4.52 Å². The molecule has 0 bridgehead atoms. The van der Waals surface area contributed by atoms with Gasteiger partial charge in [0.25, 0.3) is 5.56 Å². The molecule has 4 heterocycles. The number of rotatable bonds is 6. The van der Waals surface area contributed by atoms with Gasteiger partial charge in [0.05, 0.1) is 18.8 Å². The largest absolute Gasteiger partial charge is 0.338 e. The molecule has 3 aromatic heterocycles. The second-order valence-electron chi connectivity index (χ2n) is 8.56. The van der Waals surface area contributed by atoms with Gasteiger partial charge < -0.3 is 9.09 Å². The Hall–Kier alpha value is -3.26. The number of likely N-dealkylation sites (tertiary alicyclic amines) is 1. The van der Waals surface area contributed by atoms with Crippen molar-refractivity contribution in [2.75, 3.05) is 6.54 Å². The second kappa shape index (κ2) is 8.70. The summed E-state index contributed by atoms with van der Waals surface area (Å²) in [5.74, 6) is 1.11. The summed E-state index contributed by atoms with van der Waals surface area (Å²) in [6, 6.07) is 10.6. The molecule has 4 aromatic rings. The topological polar surface area (TPSA) is 81.5 Å². The van der Waals surface area contributed by atoms with Gasteiger partial charge in [0, 0.05) is 24.0 Å². The smallest absolute Gasteiger partial charge is 0.277 e. The number of aromatic nitrogens is 5. The van der Waals surface area contributed by atoms with E-state index in [2.05, 4.69) is 46.1 Å². The summed E-state index contributed by atoms with van der Waals surface area (Å²) in [6.45, 7) is 6.34. The summed E-state index contributed by atoms with van der Waals surface area (Å²) in [7, 11) is 0.